The first kappa shape index (κ1) is 11.8. The fourth-order valence-corrected chi connectivity index (χ4v) is 2.88. The minimum atomic E-state index is -0.222. The molecule has 0 saturated carbocycles. The van der Waals surface area contributed by atoms with Gasteiger partial charge in [0.2, 0.25) is 4.96 Å². The number of aryl methyl sites for hydroxylation is 3. The van der Waals surface area contributed by atoms with Crippen LogP contribution in [0.2, 0.25) is 0 Å². The van der Waals surface area contributed by atoms with Crippen molar-refractivity contribution in [2.75, 3.05) is 5.32 Å². The zero-order valence-electron chi connectivity index (χ0n) is 10.6. The number of nitrogens with one attached hydrogen (secondary N) is 1. The highest BCUT2D eigenvalue weighted by molar-refractivity contribution is 7.19. The van der Waals surface area contributed by atoms with E-state index < -0.39 is 0 Å². The fourth-order valence-electron chi connectivity index (χ4n) is 1.87. The topological polar surface area (TPSA) is 85.3 Å². The Hall–Kier alpha value is -2.22. The lowest BCUT2D eigenvalue weighted by molar-refractivity contribution is 0.102. The zero-order valence-corrected chi connectivity index (χ0v) is 11.4. The number of anilines is 1. The van der Waals surface area contributed by atoms with E-state index >= 15 is 0 Å². The van der Waals surface area contributed by atoms with E-state index in [1.165, 1.54) is 11.3 Å². The van der Waals surface area contributed by atoms with E-state index in [0.29, 0.717) is 21.4 Å². The maximum Gasteiger partial charge on any atom is 0.268 e. The van der Waals surface area contributed by atoms with Gasteiger partial charge in [-0.25, -0.2) is 0 Å². The van der Waals surface area contributed by atoms with Crippen molar-refractivity contribution in [3.05, 3.63) is 28.2 Å². The molecule has 0 fully saturated rings. The quantitative estimate of drug-likeness (QED) is 0.773. The van der Waals surface area contributed by atoms with Gasteiger partial charge in [-0.15, -0.1) is 10.2 Å². The highest BCUT2D eigenvalue weighted by atomic mass is 32.1. The molecule has 1 amide bonds. The van der Waals surface area contributed by atoms with Crippen LogP contribution in [-0.2, 0) is 0 Å². The average molecular weight is 277 g/mol. The molecule has 98 valence electrons. The second-order valence-electron chi connectivity index (χ2n) is 4.16. The first-order valence-electron chi connectivity index (χ1n) is 5.62. The van der Waals surface area contributed by atoms with Gasteiger partial charge in [-0.1, -0.05) is 16.5 Å². The van der Waals surface area contributed by atoms with Crippen molar-refractivity contribution in [3.8, 4) is 0 Å². The number of aromatic nitrogens is 4. The Morgan fingerprint density at radius 2 is 2.16 bits per heavy atom. The molecule has 0 aliphatic carbocycles. The first-order valence-corrected chi connectivity index (χ1v) is 6.43. The predicted molar refractivity (Wildman–Crippen MR) is 69.5 cm³/mol. The number of fused-ring (bicyclic) bond motifs is 1. The van der Waals surface area contributed by atoms with Crippen molar-refractivity contribution in [2.45, 2.75) is 20.8 Å². The van der Waals surface area contributed by atoms with E-state index in [9.17, 15) is 4.79 Å². The average Bonchev–Trinajstić information content (AvgIpc) is 3.00. The minimum Gasteiger partial charge on any atom is -0.360 e. The van der Waals surface area contributed by atoms with Gasteiger partial charge in [-0.3, -0.25) is 9.20 Å². The summed E-state index contributed by atoms with van der Waals surface area (Å²) >= 11 is 1.30. The van der Waals surface area contributed by atoms with Gasteiger partial charge in [0, 0.05) is 11.8 Å². The molecule has 0 spiro atoms. The molecule has 1 N–H and O–H groups in total. The summed E-state index contributed by atoms with van der Waals surface area (Å²) in [6.45, 7) is 5.48. The number of carbonyl (C=O) groups is 1. The molecule has 0 aromatic carbocycles. The molecule has 0 atom stereocenters. The smallest absolute Gasteiger partial charge is 0.268 e. The minimum absolute atomic E-state index is 0.222. The maximum absolute atomic E-state index is 12.2. The highest BCUT2D eigenvalue weighted by Gasteiger charge is 2.19. The van der Waals surface area contributed by atoms with Crippen LogP contribution in [0.25, 0.3) is 4.96 Å². The molecule has 0 aliphatic rings. The standard InChI is InChI=1S/C11H11N5O2S/c1-5-4-8(15-18-5)12-10(17)9-6(2)16-7(3)13-14-11(16)19-9/h4H,1-3H3,(H,12,15,17). The fraction of sp³-hybridized carbons (Fsp3) is 0.273. The van der Waals surface area contributed by atoms with Gasteiger partial charge < -0.3 is 9.84 Å². The number of rotatable bonds is 2. The van der Waals surface area contributed by atoms with Crippen LogP contribution in [0.1, 0.15) is 27.0 Å². The number of nitrogens with zero attached hydrogens (tertiary/aromatic N) is 4. The normalized spacial score (nSPS) is 11.1. The molecule has 0 bridgehead atoms. The van der Waals surface area contributed by atoms with Gasteiger partial charge in [0.25, 0.3) is 5.91 Å². The molecule has 8 heteroatoms. The number of hydrogen-bond acceptors (Lipinski definition) is 6. The van der Waals surface area contributed by atoms with Gasteiger partial charge in [0.15, 0.2) is 5.82 Å². The molecule has 0 aliphatic heterocycles. The third-order valence-corrected chi connectivity index (χ3v) is 3.86. The molecular weight excluding hydrogens is 266 g/mol. The third kappa shape index (κ3) is 1.89. The Morgan fingerprint density at radius 1 is 1.37 bits per heavy atom. The molecule has 19 heavy (non-hydrogen) atoms. The summed E-state index contributed by atoms with van der Waals surface area (Å²) in [5, 5.41) is 14.4. The van der Waals surface area contributed by atoms with Crippen molar-refractivity contribution in [3.63, 3.8) is 0 Å². The van der Waals surface area contributed by atoms with Crippen LogP contribution in [-0.4, -0.2) is 25.7 Å². The van der Waals surface area contributed by atoms with Crippen molar-refractivity contribution < 1.29 is 9.32 Å². The van der Waals surface area contributed by atoms with E-state index in [4.69, 9.17) is 4.52 Å². The van der Waals surface area contributed by atoms with Gasteiger partial charge in [-0.2, -0.15) is 0 Å². The summed E-state index contributed by atoms with van der Waals surface area (Å²) in [7, 11) is 0. The van der Waals surface area contributed by atoms with Gasteiger partial charge in [-0.05, 0) is 20.8 Å². The molecule has 0 radical (unpaired) electrons. The van der Waals surface area contributed by atoms with Crippen LogP contribution in [0.15, 0.2) is 10.6 Å². The van der Waals surface area contributed by atoms with Crippen molar-refractivity contribution in [1.82, 2.24) is 19.8 Å². The summed E-state index contributed by atoms with van der Waals surface area (Å²) in [4.78, 5) is 13.5. The van der Waals surface area contributed by atoms with Crippen LogP contribution >= 0.6 is 11.3 Å². The number of carbonyl (C=O) groups excluding carboxylic acids is 1. The Kier molecular flexibility index (Phi) is 2.59. The number of thiazole rings is 1. The summed E-state index contributed by atoms with van der Waals surface area (Å²) in [6, 6.07) is 1.67. The van der Waals surface area contributed by atoms with E-state index in [0.717, 1.165) is 11.5 Å². The summed E-state index contributed by atoms with van der Waals surface area (Å²) in [5.74, 6) is 1.59. The lowest BCUT2D eigenvalue weighted by Crippen LogP contribution is -2.12. The number of amides is 1. The van der Waals surface area contributed by atoms with Gasteiger partial charge in [0.1, 0.15) is 16.5 Å². The van der Waals surface area contributed by atoms with E-state index in [1.54, 1.807) is 13.0 Å². The molecule has 3 aromatic rings. The molecule has 0 saturated heterocycles. The molecular formula is C11H11N5O2S. The Labute approximate surface area is 112 Å². The lowest BCUT2D eigenvalue weighted by atomic mass is 10.3. The van der Waals surface area contributed by atoms with Crippen LogP contribution in [0.4, 0.5) is 5.82 Å². The summed E-state index contributed by atoms with van der Waals surface area (Å²) < 4.78 is 6.76. The van der Waals surface area contributed by atoms with Crippen LogP contribution < -0.4 is 5.32 Å². The van der Waals surface area contributed by atoms with Crippen LogP contribution in [0, 0.1) is 20.8 Å². The second kappa shape index (κ2) is 4.16. The molecule has 3 rings (SSSR count). The first-order chi connectivity index (χ1) is 9.06. The van der Waals surface area contributed by atoms with E-state index in [-0.39, 0.29) is 5.91 Å². The number of hydrogen-bond donors (Lipinski definition) is 1. The van der Waals surface area contributed by atoms with E-state index in [1.807, 2.05) is 18.2 Å². The largest absolute Gasteiger partial charge is 0.360 e. The lowest BCUT2D eigenvalue weighted by Gasteiger charge is -1.99. The Morgan fingerprint density at radius 3 is 2.79 bits per heavy atom. The summed E-state index contributed by atoms with van der Waals surface area (Å²) in [6.07, 6.45) is 0. The van der Waals surface area contributed by atoms with Crippen molar-refractivity contribution in [2.24, 2.45) is 0 Å². The monoisotopic (exact) mass is 277 g/mol. The van der Waals surface area contributed by atoms with Gasteiger partial charge in [0.05, 0.1) is 0 Å². The van der Waals surface area contributed by atoms with Crippen molar-refractivity contribution in [1.29, 1.82) is 0 Å². The van der Waals surface area contributed by atoms with Crippen molar-refractivity contribution >= 4 is 28.0 Å². The van der Waals surface area contributed by atoms with Crippen LogP contribution in [0.3, 0.4) is 0 Å². The molecule has 0 unspecified atom stereocenters. The molecule has 3 heterocycles. The highest BCUT2D eigenvalue weighted by Crippen LogP contribution is 2.23. The van der Waals surface area contributed by atoms with Gasteiger partial charge >= 0.3 is 0 Å². The zero-order chi connectivity index (χ0) is 13.6. The summed E-state index contributed by atoms with van der Waals surface area (Å²) in [5.41, 5.74) is 0.820. The maximum atomic E-state index is 12.2. The van der Waals surface area contributed by atoms with E-state index in [2.05, 4.69) is 20.7 Å². The predicted octanol–water partition coefficient (Wildman–Crippen LogP) is 1.96. The SMILES string of the molecule is Cc1cc(NC(=O)c2sc3nnc(C)n3c2C)no1. The second-order valence-corrected chi connectivity index (χ2v) is 5.14. The Balaban J connectivity index is 1.95. The molecule has 7 nitrogen and oxygen atoms in total. The Bertz CT molecular complexity index is 769. The van der Waals surface area contributed by atoms with Crippen LogP contribution in [0.5, 0.6) is 0 Å². The molecule has 3 aromatic heterocycles. The third-order valence-electron chi connectivity index (χ3n) is 2.73.